The van der Waals surface area contributed by atoms with Crippen LogP contribution in [0.2, 0.25) is 0 Å². The predicted octanol–water partition coefficient (Wildman–Crippen LogP) is 7.46. The van der Waals surface area contributed by atoms with Gasteiger partial charge in [0.2, 0.25) is 5.91 Å². The van der Waals surface area contributed by atoms with Crippen LogP contribution >= 0.6 is 0 Å². The first-order chi connectivity index (χ1) is 20.2. The molecule has 2 bridgehead atoms. The van der Waals surface area contributed by atoms with E-state index in [9.17, 15) is 4.79 Å². The van der Waals surface area contributed by atoms with E-state index in [0.29, 0.717) is 12.0 Å². The molecule has 2 aromatic carbocycles. The summed E-state index contributed by atoms with van der Waals surface area (Å²) in [4.78, 5) is 24.2. The van der Waals surface area contributed by atoms with Crippen LogP contribution in [-0.4, -0.2) is 46.5 Å². The Balaban J connectivity index is 1.33. The maximum atomic E-state index is 14.1. The number of hydrogen-bond donors (Lipinski definition) is 2. The Labute approximate surface area is 251 Å². The lowest BCUT2D eigenvalue weighted by Gasteiger charge is -2.47. The molecule has 2 aliphatic heterocycles. The number of hydrogen-bond acceptors (Lipinski definition) is 3. The van der Waals surface area contributed by atoms with E-state index in [4.69, 9.17) is 0 Å². The summed E-state index contributed by atoms with van der Waals surface area (Å²) in [5.41, 5.74) is 9.23. The van der Waals surface area contributed by atoms with Gasteiger partial charge in [-0.25, -0.2) is 0 Å². The average Bonchev–Trinajstić information content (AvgIpc) is 3.38. The number of aryl methyl sites for hydroxylation is 2. The highest BCUT2D eigenvalue weighted by Gasteiger charge is 2.42. The van der Waals surface area contributed by atoms with Gasteiger partial charge >= 0.3 is 0 Å². The third-order valence-corrected chi connectivity index (χ3v) is 9.86. The number of carbonyl (C=O) groups is 1. The van der Waals surface area contributed by atoms with Crippen LogP contribution in [0.3, 0.4) is 0 Å². The molecule has 4 aromatic rings. The zero-order valence-electron chi connectivity index (χ0n) is 26.0. The lowest BCUT2D eigenvalue weighted by molar-refractivity contribution is -0.144. The number of H-pyrrole nitrogens is 1. The molecule has 3 aliphatic rings. The molecule has 7 rings (SSSR count). The van der Waals surface area contributed by atoms with Crippen molar-refractivity contribution >= 4 is 16.8 Å². The SMILES string of the molecule is Cc1cc(C)cc(-c2[nH]c3ccc(C(C)(C)C(=O)N4CC5CCC4CC5)cc3c2C(C)CNCCc2ccncc2)c1. The van der Waals surface area contributed by atoms with Crippen molar-refractivity contribution in [2.75, 3.05) is 19.6 Å². The van der Waals surface area contributed by atoms with Crippen LogP contribution in [0.5, 0.6) is 0 Å². The van der Waals surface area contributed by atoms with Crippen LogP contribution < -0.4 is 5.32 Å². The number of aromatic nitrogens is 2. The maximum absolute atomic E-state index is 14.1. The summed E-state index contributed by atoms with van der Waals surface area (Å²) in [6, 6.07) is 18.1. The molecule has 5 heteroatoms. The minimum atomic E-state index is -0.577. The molecular weight excluding hydrogens is 516 g/mol. The number of benzene rings is 2. The molecule has 42 heavy (non-hydrogen) atoms. The van der Waals surface area contributed by atoms with Gasteiger partial charge in [-0.3, -0.25) is 9.78 Å². The molecule has 2 saturated heterocycles. The van der Waals surface area contributed by atoms with Gasteiger partial charge in [0, 0.05) is 42.4 Å². The molecule has 5 nitrogen and oxygen atoms in total. The van der Waals surface area contributed by atoms with Crippen molar-refractivity contribution in [2.45, 2.75) is 84.1 Å². The first kappa shape index (κ1) is 28.7. The predicted molar refractivity (Wildman–Crippen MR) is 173 cm³/mol. The van der Waals surface area contributed by atoms with E-state index in [1.165, 1.54) is 64.6 Å². The van der Waals surface area contributed by atoms with E-state index in [1.54, 1.807) is 0 Å². The van der Waals surface area contributed by atoms with Crippen LogP contribution in [0.15, 0.2) is 60.9 Å². The zero-order valence-corrected chi connectivity index (χ0v) is 26.0. The first-order valence-electron chi connectivity index (χ1n) is 15.9. The molecule has 1 aliphatic carbocycles. The van der Waals surface area contributed by atoms with Crippen molar-refractivity contribution in [3.05, 3.63) is 88.7 Å². The van der Waals surface area contributed by atoms with Crippen LogP contribution in [-0.2, 0) is 16.6 Å². The Morgan fingerprint density at radius 1 is 1.02 bits per heavy atom. The summed E-state index contributed by atoms with van der Waals surface area (Å²) >= 11 is 0. The highest BCUT2D eigenvalue weighted by Crippen LogP contribution is 2.41. The zero-order chi connectivity index (χ0) is 29.4. The molecule has 2 aromatic heterocycles. The number of aromatic amines is 1. The van der Waals surface area contributed by atoms with E-state index in [-0.39, 0.29) is 11.8 Å². The fraction of sp³-hybridized carbons (Fsp3) is 0.459. The number of nitrogens with one attached hydrogen (secondary N) is 2. The van der Waals surface area contributed by atoms with Crippen LogP contribution in [0.25, 0.3) is 22.2 Å². The van der Waals surface area contributed by atoms with E-state index in [2.05, 4.69) is 103 Å². The number of piperidine rings is 2. The quantitative estimate of drug-likeness (QED) is 0.208. The summed E-state index contributed by atoms with van der Waals surface area (Å²) in [6.45, 7) is 13.6. The van der Waals surface area contributed by atoms with Gasteiger partial charge in [-0.2, -0.15) is 0 Å². The highest BCUT2D eigenvalue weighted by molar-refractivity contribution is 5.94. The minimum Gasteiger partial charge on any atom is -0.354 e. The normalized spacial score (nSPS) is 19.4. The smallest absolute Gasteiger partial charge is 0.232 e. The van der Waals surface area contributed by atoms with Gasteiger partial charge in [0.25, 0.3) is 0 Å². The Bertz CT molecular complexity index is 1540. The van der Waals surface area contributed by atoms with Crippen molar-refractivity contribution in [1.82, 2.24) is 20.2 Å². The van der Waals surface area contributed by atoms with Crippen molar-refractivity contribution in [3.8, 4) is 11.3 Å². The molecule has 1 unspecified atom stereocenters. The van der Waals surface area contributed by atoms with Crippen molar-refractivity contribution in [3.63, 3.8) is 0 Å². The third-order valence-electron chi connectivity index (χ3n) is 9.86. The number of carbonyl (C=O) groups excluding carboxylic acids is 1. The number of rotatable bonds is 9. The summed E-state index contributed by atoms with van der Waals surface area (Å²) < 4.78 is 0. The summed E-state index contributed by atoms with van der Waals surface area (Å²) in [5, 5.41) is 4.94. The molecular formula is C37H46N4O. The van der Waals surface area contributed by atoms with Gasteiger partial charge in [0.15, 0.2) is 0 Å². The highest BCUT2D eigenvalue weighted by atomic mass is 16.2. The van der Waals surface area contributed by atoms with Gasteiger partial charge in [-0.05, 0) is 137 Å². The number of pyridine rings is 1. The summed E-state index contributed by atoms with van der Waals surface area (Å²) in [6.07, 6.45) is 9.59. The van der Waals surface area contributed by atoms with E-state index < -0.39 is 5.41 Å². The van der Waals surface area contributed by atoms with E-state index >= 15 is 0 Å². The Hall–Kier alpha value is -3.44. The fourth-order valence-corrected chi connectivity index (χ4v) is 7.46. The molecule has 1 atom stereocenters. The van der Waals surface area contributed by atoms with Gasteiger partial charge < -0.3 is 15.2 Å². The van der Waals surface area contributed by atoms with Gasteiger partial charge in [0.1, 0.15) is 0 Å². The maximum Gasteiger partial charge on any atom is 0.232 e. The average molecular weight is 563 g/mol. The largest absolute Gasteiger partial charge is 0.354 e. The van der Waals surface area contributed by atoms with Gasteiger partial charge in [-0.15, -0.1) is 0 Å². The molecule has 0 spiro atoms. The third kappa shape index (κ3) is 5.64. The molecule has 2 N–H and O–H groups in total. The Kier molecular flexibility index (Phi) is 7.97. The molecule has 3 fully saturated rings. The lowest BCUT2D eigenvalue weighted by Crippen LogP contribution is -2.55. The molecule has 0 radical (unpaired) electrons. The van der Waals surface area contributed by atoms with E-state index in [1.807, 2.05) is 12.4 Å². The fourth-order valence-electron chi connectivity index (χ4n) is 7.46. The summed E-state index contributed by atoms with van der Waals surface area (Å²) in [7, 11) is 0. The number of nitrogens with zero attached hydrogens (tertiary/aromatic N) is 2. The monoisotopic (exact) mass is 562 g/mol. The summed E-state index contributed by atoms with van der Waals surface area (Å²) in [5.74, 6) is 1.24. The number of fused-ring (bicyclic) bond motifs is 4. The molecule has 1 amide bonds. The van der Waals surface area contributed by atoms with E-state index in [0.717, 1.165) is 37.1 Å². The van der Waals surface area contributed by atoms with Crippen molar-refractivity contribution in [2.24, 2.45) is 5.92 Å². The van der Waals surface area contributed by atoms with Gasteiger partial charge in [0.05, 0.1) is 11.1 Å². The molecule has 1 saturated carbocycles. The standard InChI is InChI=1S/C37H46N4O/c1-24-18-25(2)20-29(19-24)35-34(26(3)22-39-17-14-27-12-15-38-16-13-27)32-21-30(8-11-33(32)40-35)37(4,5)36(42)41-23-28-6-9-31(41)10-7-28/h8,11-13,15-16,18-21,26,28,31,39-40H,6-7,9-10,14,17,22-23H2,1-5H3. The topological polar surface area (TPSA) is 61.0 Å². The van der Waals surface area contributed by atoms with Crippen LogP contribution in [0.1, 0.15) is 80.2 Å². The van der Waals surface area contributed by atoms with Crippen molar-refractivity contribution in [1.29, 1.82) is 0 Å². The van der Waals surface area contributed by atoms with Crippen LogP contribution in [0.4, 0.5) is 0 Å². The Morgan fingerprint density at radius 2 is 1.74 bits per heavy atom. The number of amides is 1. The minimum absolute atomic E-state index is 0.277. The lowest BCUT2D eigenvalue weighted by atomic mass is 9.76. The molecule has 4 heterocycles. The second kappa shape index (κ2) is 11.7. The van der Waals surface area contributed by atoms with Gasteiger partial charge in [-0.1, -0.05) is 30.2 Å². The molecule has 220 valence electrons. The van der Waals surface area contributed by atoms with Crippen LogP contribution in [0, 0.1) is 19.8 Å². The Morgan fingerprint density at radius 3 is 2.40 bits per heavy atom. The van der Waals surface area contributed by atoms with Crippen molar-refractivity contribution < 1.29 is 4.79 Å². The first-order valence-corrected chi connectivity index (χ1v) is 15.9. The second-order valence-corrected chi connectivity index (χ2v) is 13.5. The second-order valence-electron chi connectivity index (χ2n) is 13.5.